The molecule has 5 heteroatoms. The third-order valence-electron chi connectivity index (χ3n) is 4.13. The average Bonchev–Trinajstić information content (AvgIpc) is 2.66. The molecule has 0 aliphatic rings. The van der Waals surface area contributed by atoms with Crippen LogP contribution in [0.25, 0.3) is 16.6 Å². The van der Waals surface area contributed by atoms with Gasteiger partial charge in [-0.25, -0.2) is 4.98 Å². The largest absolute Gasteiger partial charge is 0.398 e. The van der Waals surface area contributed by atoms with Crippen LogP contribution < -0.4 is 11.3 Å². The summed E-state index contributed by atoms with van der Waals surface area (Å²) < 4.78 is 1.61. The maximum absolute atomic E-state index is 13.1. The van der Waals surface area contributed by atoms with Gasteiger partial charge in [-0.3, -0.25) is 9.36 Å². The van der Waals surface area contributed by atoms with Crippen LogP contribution in [-0.4, -0.2) is 9.55 Å². The molecule has 0 radical (unpaired) electrons. The van der Waals surface area contributed by atoms with Crippen molar-refractivity contribution in [3.05, 3.63) is 63.7 Å². The Morgan fingerprint density at radius 3 is 2.27 bits per heavy atom. The lowest BCUT2D eigenvalue weighted by Crippen LogP contribution is -2.25. The maximum atomic E-state index is 13.1. The summed E-state index contributed by atoms with van der Waals surface area (Å²) in [4.78, 5) is 17.8. The Hall–Kier alpha value is -3.13. The minimum Gasteiger partial charge on any atom is -0.398 e. The van der Waals surface area contributed by atoms with Gasteiger partial charge >= 0.3 is 0 Å². The van der Waals surface area contributed by atoms with E-state index in [0.717, 1.165) is 5.56 Å². The molecule has 0 aliphatic heterocycles. The number of nitrogens with two attached hydrogens (primary N) is 1. The predicted octanol–water partition coefficient (Wildman–Crippen LogP) is 4.30. The molecule has 3 aromatic rings. The Kier molecular flexibility index (Phi) is 5.78. The zero-order chi connectivity index (χ0) is 19.4. The van der Waals surface area contributed by atoms with Gasteiger partial charge < -0.3 is 5.73 Å². The first kappa shape index (κ1) is 19.2. The predicted molar refractivity (Wildman–Crippen MR) is 107 cm³/mol. The van der Waals surface area contributed by atoms with Crippen LogP contribution in [0.1, 0.15) is 50.6 Å². The summed E-state index contributed by atoms with van der Waals surface area (Å²) in [5.74, 6) is 0.726. The second-order valence-electron chi connectivity index (χ2n) is 6.10. The van der Waals surface area contributed by atoms with E-state index in [4.69, 9.17) is 16.0 Å². The van der Waals surface area contributed by atoms with Gasteiger partial charge in [-0.1, -0.05) is 27.7 Å². The maximum Gasteiger partial charge on any atom is 0.265 e. The third kappa shape index (κ3) is 3.31. The second-order valence-corrected chi connectivity index (χ2v) is 6.10. The Labute approximate surface area is 153 Å². The molecule has 1 heterocycles. The highest BCUT2D eigenvalue weighted by molar-refractivity contribution is 5.85. The Bertz CT molecular complexity index is 1030. The highest BCUT2D eigenvalue weighted by atomic mass is 16.1. The SMILES string of the molecule is CC.Cc1c(N)ccc2c(=O)n(-c3ccc(C#N)cc3)c(C(C)C)nc12. The summed E-state index contributed by atoms with van der Waals surface area (Å²) in [6.07, 6.45) is 0. The number of benzene rings is 2. The van der Waals surface area contributed by atoms with E-state index in [1.807, 2.05) is 34.6 Å². The van der Waals surface area contributed by atoms with Gasteiger partial charge in [-0.15, -0.1) is 0 Å². The summed E-state index contributed by atoms with van der Waals surface area (Å²) in [5, 5.41) is 9.49. The lowest BCUT2D eigenvalue weighted by Gasteiger charge is -2.17. The average molecular weight is 348 g/mol. The summed E-state index contributed by atoms with van der Waals surface area (Å²) in [7, 11) is 0. The van der Waals surface area contributed by atoms with Crippen LogP contribution >= 0.6 is 0 Å². The van der Waals surface area contributed by atoms with E-state index in [9.17, 15) is 4.79 Å². The first-order valence-electron chi connectivity index (χ1n) is 8.76. The van der Waals surface area contributed by atoms with Crippen molar-refractivity contribution < 1.29 is 0 Å². The molecule has 0 spiro atoms. The van der Waals surface area contributed by atoms with Gasteiger partial charge in [0, 0.05) is 11.6 Å². The van der Waals surface area contributed by atoms with Crippen LogP contribution in [0.5, 0.6) is 0 Å². The first-order valence-corrected chi connectivity index (χ1v) is 8.76. The van der Waals surface area contributed by atoms with Gasteiger partial charge in [0.1, 0.15) is 5.82 Å². The zero-order valence-electron chi connectivity index (χ0n) is 15.9. The molecule has 0 fully saturated rings. The molecular weight excluding hydrogens is 324 g/mol. The molecule has 0 saturated heterocycles. The van der Waals surface area contributed by atoms with Crippen molar-refractivity contribution >= 4 is 16.6 Å². The number of hydrogen-bond acceptors (Lipinski definition) is 4. The normalized spacial score (nSPS) is 10.3. The molecule has 0 amide bonds. The molecule has 0 aliphatic carbocycles. The number of aromatic nitrogens is 2. The standard InChI is InChI=1S/C19H18N4O.C2H6/c1-11(2)18-22-17-12(3)16(21)9-8-15(17)19(24)23(18)14-6-4-13(10-20)5-7-14;1-2/h4-9,11H,21H2,1-3H3;1-2H3. The molecule has 2 N–H and O–H groups in total. The molecule has 3 rings (SSSR count). The minimum atomic E-state index is -0.128. The molecule has 26 heavy (non-hydrogen) atoms. The van der Waals surface area contributed by atoms with Crippen molar-refractivity contribution in [1.82, 2.24) is 9.55 Å². The number of hydrogen-bond donors (Lipinski definition) is 1. The molecule has 1 aromatic heterocycles. The van der Waals surface area contributed by atoms with Crippen molar-refractivity contribution in [2.45, 2.75) is 40.5 Å². The third-order valence-corrected chi connectivity index (χ3v) is 4.13. The number of fused-ring (bicyclic) bond motifs is 1. The number of nitriles is 1. The summed E-state index contributed by atoms with van der Waals surface area (Å²) in [5.41, 5.74) is 9.18. The van der Waals surface area contributed by atoms with Crippen molar-refractivity contribution in [2.24, 2.45) is 0 Å². The number of nitrogens with zero attached hydrogens (tertiary/aromatic N) is 3. The van der Waals surface area contributed by atoms with Gasteiger partial charge in [-0.2, -0.15) is 5.26 Å². The molecule has 0 atom stereocenters. The van der Waals surface area contributed by atoms with Crippen LogP contribution in [0, 0.1) is 18.3 Å². The second kappa shape index (κ2) is 7.83. The van der Waals surface area contributed by atoms with Crippen LogP contribution in [0.4, 0.5) is 5.69 Å². The lowest BCUT2D eigenvalue weighted by molar-refractivity contribution is 0.722. The van der Waals surface area contributed by atoms with Crippen LogP contribution in [0.3, 0.4) is 0 Å². The van der Waals surface area contributed by atoms with Crippen LogP contribution in [-0.2, 0) is 0 Å². The Balaban J connectivity index is 0.00000117. The topological polar surface area (TPSA) is 84.7 Å². The molecule has 0 bridgehead atoms. The number of nitrogen functional groups attached to an aromatic ring is 1. The minimum absolute atomic E-state index is 0.0542. The Morgan fingerprint density at radius 1 is 1.12 bits per heavy atom. The fourth-order valence-corrected chi connectivity index (χ4v) is 2.74. The molecular formula is C21H24N4O. The summed E-state index contributed by atoms with van der Waals surface area (Å²) in [6.45, 7) is 9.87. The van der Waals surface area contributed by atoms with Crippen LogP contribution in [0.2, 0.25) is 0 Å². The van der Waals surface area contributed by atoms with Crippen LogP contribution in [0.15, 0.2) is 41.2 Å². The number of anilines is 1. The van der Waals surface area contributed by atoms with Gasteiger partial charge in [-0.05, 0) is 48.9 Å². The number of rotatable bonds is 2. The monoisotopic (exact) mass is 348 g/mol. The molecule has 5 nitrogen and oxygen atoms in total. The lowest BCUT2D eigenvalue weighted by atomic mass is 10.1. The van der Waals surface area contributed by atoms with Gasteiger partial charge in [0.05, 0.1) is 28.2 Å². The highest BCUT2D eigenvalue weighted by Crippen LogP contribution is 2.23. The van der Waals surface area contributed by atoms with Crippen molar-refractivity contribution in [1.29, 1.82) is 5.26 Å². The molecule has 0 saturated carbocycles. The van der Waals surface area contributed by atoms with E-state index in [1.165, 1.54) is 0 Å². The van der Waals surface area contributed by atoms with Gasteiger partial charge in [0.25, 0.3) is 5.56 Å². The van der Waals surface area contributed by atoms with E-state index in [-0.39, 0.29) is 11.5 Å². The zero-order valence-corrected chi connectivity index (χ0v) is 15.9. The van der Waals surface area contributed by atoms with Gasteiger partial charge in [0.15, 0.2) is 0 Å². The number of aryl methyl sites for hydroxylation is 1. The van der Waals surface area contributed by atoms with E-state index in [1.54, 1.807) is 41.0 Å². The fourth-order valence-electron chi connectivity index (χ4n) is 2.74. The summed E-state index contributed by atoms with van der Waals surface area (Å²) >= 11 is 0. The van der Waals surface area contributed by atoms with E-state index in [0.29, 0.717) is 33.7 Å². The van der Waals surface area contributed by atoms with Crippen molar-refractivity contribution in [3.8, 4) is 11.8 Å². The van der Waals surface area contributed by atoms with Crippen molar-refractivity contribution in [3.63, 3.8) is 0 Å². The Morgan fingerprint density at radius 2 is 1.73 bits per heavy atom. The molecule has 0 unspecified atom stereocenters. The van der Waals surface area contributed by atoms with E-state index >= 15 is 0 Å². The smallest absolute Gasteiger partial charge is 0.265 e. The van der Waals surface area contributed by atoms with Crippen molar-refractivity contribution in [2.75, 3.05) is 5.73 Å². The van der Waals surface area contributed by atoms with E-state index in [2.05, 4.69) is 6.07 Å². The van der Waals surface area contributed by atoms with E-state index < -0.39 is 0 Å². The molecule has 2 aromatic carbocycles. The first-order chi connectivity index (χ1) is 12.4. The fraction of sp³-hybridized carbons (Fsp3) is 0.286. The molecule has 134 valence electrons. The van der Waals surface area contributed by atoms with Gasteiger partial charge in [0.2, 0.25) is 0 Å². The quantitative estimate of drug-likeness (QED) is 0.700. The summed E-state index contributed by atoms with van der Waals surface area (Å²) in [6, 6.07) is 12.5. The highest BCUT2D eigenvalue weighted by Gasteiger charge is 2.17.